The van der Waals surface area contributed by atoms with Gasteiger partial charge in [-0.3, -0.25) is 4.79 Å². The van der Waals surface area contributed by atoms with E-state index in [1.165, 1.54) is 23.5 Å². The van der Waals surface area contributed by atoms with Gasteiger partial charge in [0.25, 0.3) is 5.91 Å². The maximum Gasteiger partial charge on any atom is 0.416 e. The van der Waals surface area contributed by atoms with Gasteiger partial charge >= 0.3 is 6.18 Å². The Hall–Kier alpha value is -2.91. The Morgan fingerprint density at radius 1 is 1.10 bits per heavy atom. The summed E-state index contributed by atoms with van der Waals surface area (Å²) in [5.74, 6) is 0.318. The molecule has 3 aromatic rings. The van der Waals surface area contributed by atoms with Crippen LogP contribution in [0.2, 0.25) is 0 Å². The van der Waals surface area contributed by atoms with Crippen molar-refractivity contribution in [3.63, 3.8) is 0 Å². The number of nitrogens with one attached hydrogen (secondary N) is 1. The molecule has 1 N–H and O–H groups in total. The molecule has 0 spiro atoms. The summed E-state index contributed by atoms with van der Waals surface area (Å²) in [5, 5.41) is 5.10. The lowest BCUT2D eigenvalue weighted by Gasteiger charge is -2.09. The number of hydrogen-bond acceptors (Lipinski definition) is 5. The first kappa shape index (κ1) is 21.8. The molecule has 0 radical (unpaired) electrons. The van der Waals surface area contributed by atoms with Gasteiger partial charge in [-0.25, -0.2) is 4.98 Å². The standard InChI is InChI=1S/C21H19F3N2O3S/c1-28-11-10-25-19(27)18-13-30-20(26-18)15-4-8-17(9-5-15)29-12-14-2-6-16(7-3-14)21(22,23)24/h2-9,13H,10-12H2,1H3,(H,25,27). The van der Waals surface area contributed by atoms with E-state index >= 15 is 0 Å². The summed E-state index contributed by atoms with van der Waals surface area (Å²) in [7, 11) is 1.56. The maximum atomic E-state index is 12.6. The third kappa shape index (κ3) is 5.80. The first-order chi connectivity index (χ1) is 14.4. The fourth-order valence-electron chi connectivity index (χ4n) is 2.52. The largest absolute Gasteiger partial charge is 0.489 e. The SMILES string of the molecule is COCCNC(=O)c1csc(-c2ccc(OCc3ccc(C(F)(F)F)cc3)cc2)n1. The van der Waals surface area contributed by atoms with Gasteiger partial charge in [-0.1, -0.05) is 12.1 Å². The van der Waals surface area contributed by atoms with Crippen LogP contribution in [0.15, 0.2) is 53.9 Å². The minimum Gasteiger partial charge on any atom is -0.489 e. The van der Waals surface area contributed by atoms with Gasteiger partial charge in [0.05, 0.1) is 12.2 Å². The van der Waals surface area contributed by atoms with Gasteiger partial charge in [0.2, 0.25) is 0 Å². The topological polar surface area (TPSA) is 60.5 Å². The second kappa shape index (κ2) is 9.73. The number of rotatable bonds is 8. The average molecular weight is 436 g/mol. The van der Waals surface area contributed by atoms with Gasteiger partial charge in [0, 0.05) is 24.6 Å². The minimum absolute atomic E-state index is 0.153. The molecule has 0 aliphatic heterocycles. The molecule has 9 heteroatoms. The van der Waals surface area contributed by atoms with Crippen LogP contribution in [0, 0.1) is 0 Å². The van der Waals surface area contributed by atoms with Crippen molar-refractivity contribution < 1.29 is 27.4 Å². The Labute approximate surface area is 175 Å². The number of halogens is 3. The molecular weight excluding hydrogens is 417 g/mol. The van der Waals surface area contributed by atoms with E-state index in [9.17, 15) is 18.0 Å². The molecule has 3 rings (SSSR count). The monoisotopic (exact) mass is 436 g/mol. The van der Waals surface area contributed by atoms with Gasteiger partial charge in [0.15, 0.2) is 0 Å². The van der Waals surface area contributed by atoms with Crippen LogP contribution in [0.4, 0.5) is 13.2 Å². The van der Waals surface area contributed by atoms with E-state index in [1.807, 2.05) is 12.1 Å². The Bertz CT molecular complexity index is 970. The molecule has 0 aliphatic carbocycles. The third-order valence-electron chi connectivity index (χ3n) is 4.12. The second-order valence-corrected chi connectivity index (χ2v) is 7.15. The number of carbonyl (C=O) groups excluding carboxylic acids is 1. The molecule has 1 heterocycles. The number of aromatic nitrogens is 1. The molecule has 0 saturated carbocycles. The molecule has 5 nitrogen and oxygen atoms in total. The zero-order valence-electron chi connectivity index (χ0n) is 16.0. The molecule has 0 fully saturated rings. The van der Waals surface area contributed by atoms with Crippen LogP contribution < -0.4 is 10.1 Å². The van der Waals surface area contributed by atoms with Gasteiger partial charge in [-0.05, 0) is 42.0 Å². The number of amides is 1. The number of nitrogens with zero attached hydrogens (tertiary/aromatic N) is 1. The number of methoxy groups -OCH3 is 1. The van der Waals surface area contributed by atoms with Crippen LogP contribution in [0.3, 0.4) is 0 Å². The molecule has 0 unspecified atom stereocenters. The quantitative estimate of drug-likeness (QED) is 0.516. The highest BCUT2D eigenvalue weighted by Gasteiger charge is 2.29. The predicted octanol–water partition coefficient (Wildman–Crippen LogP) is 4.78. The number of thiazole rings is 1. The summed E-state index contributed by atoms with van der Waals surface area (Å²) in [6.07, 6.45) is -4.35. The van der Waals surface area contributed by atoms with Gasteiger partial charge in [-0.2, -0.15) is 13.2 Å². The Balaban J connectivity index is 1.57. The minimum atomic E-state index is -4.35. The molecule has 0 saturated heterocycles. The van der Waals surface area contributed by atoms with Crippen molar-refractivity contribution in [2.75, 3.05) is 20.3 Å². The van der Waals surface area contributed by atoms with Crippen molar-refractivity contribution in [2.45, 2.75) is 12.8 Å². The Kier molecular flexibility index (Phi) is 7.07. The maximum absolute atomic E-state index is 12.6. The van der Waals surface area contributed by atoms with Crippen molar-refractivity contribution in [2.24, 2.45) is 0 Å². The molecule has 1 aromatic heterocycles. The number of benzene rings is 2. The molecule has 1 amide bonds. The Morgan fingerprint density at radius 2 is 1.80 bits per heavy atom. The zero-order chi connectivity index (χ0) is 21.6. The van der Waals surface area contributed by atoms with E-state index in [2.05, 4.69) is 10.3 Å². The molecule has 158 valence electrons. The first-order valence-electron chi connectivity index (χ1n) is 8.99. The highest BCUT2D eigenvalue weighted by Crippen LogP contribution is 2.29. The Morgan fingerprint density at radius 3 is 2.43 bits per heavy atom. The average Bonchev–Trinajstić information content (AvgIpc) is 3.23. The highest BCUT2D eigenvalue weighted by atomic mass is 32.1. The van der Waals surface area contributed by atoms with Crippen molar-refractivity contribution in [3.05, 3.63) is 70.7 Å². The van der Waals surface area contributed by atoms with Crippen LogP contribution in [0.5, 0.6) is 5.75 Å². The fraction of sp³-hybridized carbons (Fsp3) is 0.238. The molecule has 30 heavy (non-hydrogen) atoms. The van der Waals surface area contributed by atoms with Crippen LogP contribution in [0.1, 0.15) is 21.6 Å². The first-order valence-corrected chi connectivity index (χ1v) is 9.87. The number of hydrogen-bond donors (Lipinski definition) is 1. The van der Waals surface area contributed by atoms with Crippen molar-refractivity contribution in [1.82, 2.24) is 10.3 Å². The van der Waals surface area contributed by atoms with Crippen LogP contribution in [0.25, 0.3) is 10.6 Å². The predicted molar refractivity (Wildman–Crippen MR) is 108 cm³/mol. The van der Waals surface area contributed by atoms with E-state index in [1.54, 1.807) is 24.6 Å². The molecule has 0 atom stereocenters. The fourth-order valence-corrected chi connectivity index (χ4v) is 3.32. The smallest absolute Gasteiger partial charge is 0.416 e. The normalized spacial score (nSPS) is 11.3. The van der Waals surface area contributed by atoms with E-state index in [-0.39, 0.29) is 12.5 Å². The molecule has 0 aliphatic rings. The third-order valence-corrected chi connectivity index (χ3v) is 5.01. The highest BCUT2D eigenvalue weighted by molar-refractivity contribution is 7.13. The summed E-state index contributed by atoms with van der Waals surface area (Å²) >= 11 is 1.35. The number of ether oxygens (including phenoxy) is 2. The molecule has 2 aromatic carbocycles. The molecular formula is C21H19F3N2O3S. The lowest BCUT2D eigenvalue weighted by atomic mass is 10.1. The second-order valence-electron chi connectivity index (χ2n) is 6.29. The molecule has 0 bridgehead atoms. The summed E-state index contributed by atoms with van der Waals surface area (Å²) in [4.78, 5) is 16.4. The van der Waals surface area contributed by atoms with Gasteiger partial charge in [-0.15, -0.1) is 11.3 Å². The number of alkyl halides is 3. The van der Waals surface area contributed by atoms with Crippen LogP contribution in [-0.2, 0) is 17.5 Å². The van der Waals surface area contributed by atoms with Crippen molar-refractivity contribution in [1.29, 1.82) is 0 Å². The van der Waals surface area contributed by atoms with Crippen LogP contribution in [-0.4, -0.2) is 31.2 Å². The summed E-state index contributed by atoms with van der Waals surface area (Å²) in [6, 6.07) is 12.0. The van der Waals surface area contributed by atoms with E-state index < -0.39 is 11.7 Å². The summed E-state index contributed by atoms with van der Waals surface area (Å²) in [6.45, 7) is 0.990. The van der Waals surface area contributed by atoms with Gasteiger partial charge < -0.3 is 14.8 Å². The lowest BCUT2D eigenvalue weighted by Crippen LogP contribution is -2.27. The lowest BCUT2D eigenvalue weighted by molar-refractivity contribution is -0.137. The summed E-state index contributed by atoms with van der Waals surface area (Å²) < 4.78 is 48.3. The van der Waals surface area contributed by atoms with E-state index in [0.717, 1.165) is 17.7 Å². The zero-order valence-corrected chi connectivity index (χ0v) is 16.8. The number of carbonyl (C=O) groups is 1. The van der Waals surface area contributed by atoms with Crippen molar-refractivity contribution >= 4 is 17.2 Å². The van der Waals surface area contributed by atoms with Gasteiger partial charge in [0.1, 0.15) is 23.1 Å². The summed E-state index contributed by atoms with van der Waals surface area (Å²) in [5.41, 5.74) is 1.12. The van der Waals surface area contributed by atoms with E-state index in [4.69, 9.17) is 9.47 Å². The van der Waals surface area contributed by atoms with E-state index in [0.29, 0.717) is 35.2 Å². The van der Waals surface area contributed by atoms with Crippen molar-refractivity contribution in [3.8, 4) is 16.3 Å². The van der Waals surface area contributed by atoms with Crippen LogP contribution >= 0.6 is 11.3 Å².